The third kappa shape index (κ3) is 2.65. The molecule has 0 unspecified atom stereocenters. The van der Waals surface area contributed by atoms with E-state index in [1.165, 1.54) is 0 Å². The largest absolute Gasteiger partial charge is 0.496 e. The fraction of sp³-hybridized carbons (Fsp3) is 0.176. The molecule has 0 aliphatic carbocycles. The summed E-state index contributed by atoms with van der Waals surface area (Å²) in [4.78, 5) is 12.4. The lowest BCUT2D eigenvalue weighted by atomic mass is 10.1. The molecule has 2 aromatic carbocycles. The first-order chi connectivity index (χ1) is 10.7. The second-order valence-electron chi connectivity index (χ2n) is 5.12. The number of H-pyrrole nitrogens is 1. The monoisotopic (exact) mass is 295 g/mol. The highest BCUT2D eigenvalue weighted by atomic mass is 16.5. The molecule has 0 aliphatic heterocycles. The molecule has 0 saturated carbocycles. The molecule has 1 aromatic heterocycles. The summed E-state index contributed by atoms with van der Waals surface area (Å²) < 4.78 is 5.28. The van der Waals surface area contributed by atoms with Crippen molar-refractivity contribution in [2.24, 2.45) is 0 Å². The molecule has 0 radical (unpaired) electrons. The quantitative estimate of drug-likeness (QED) is 0.777. The maximum atomic E-state index is 12.4. The van der Waals surface area contributed by atoms with Crippen LogP contribution in [-0.2, 0) is 6.54 Å². The molecule has 0 bridgehead atoms. The first kappa shape index (κ1) is 14.1. The Balaban J connectivity index is 1.80. The minimum Gasteiger partial charge on any atom is -0.496 e. The summed E-state index contributed by atoms with van der Waals surface area (Å²) in [6, 6.07) is 13.5. The van der Waals surface area contributed by atoms with Crippen LogP contribution < -0.4 is 10.1 Å². The van der Waals surface area contributed by atoms with E-state index in [4.69, 9.17) is 4.74 Å². The zero-order valence-electron chi connectivity index (χ0n) is 12.5. The van der Waals surface area contributed by atoms with E-state index < -0.39 is 0 Å². The highest BCUT2D eigenvalue weighted by molar-refractivity contribution is 6.04. The van der Waals surface area contributed by atoms with Gasteiger partial charge < -0.3 is 10.1 Å². The van der Waals surface area contributed by atoms with E-state index in [9.17, 15) is 4.79 Å². The van der Waals surface area contributed by atoms with E-state index >= 15 is 0 Å². The number of hydrogen-bond donors (Lipinski definition) is 2. The molecule has 0 atom stereocenters. The Morgan fingerprint density at radius 1 is 1.27 bits per heavy atom. The van der Waals surface area contributed by atoms with Crippen molar-refractivity contribution in [3.05, 3.63) is 59.3 Å². The highest BCUT2D eigenvalue weighted by Gasteiger charge is 2.14. The standard InChI is InChI=1S/C17H17N3O2/c1-11-7-8-14-13(9-11)16(20-19-14)17(21)18-10-12-5-3-4-6-15(12)22-2/h3-9H,10H2,1-2H3,(H,18,21)(H,19,20). The molecule has 22 heavy (non-hydrogen) atoms. The summed E-state index contributed by atoms with van der Waals surface area (Å²) in [5.74, 6) is 0.549. The number of carbonyl (C=O) groups is 1. The van der Waals surface area contributed by atoms with Crippen LogP contribution in [0.1, 0.15) is 21.6 Å². The van der Waals surface area contributed by atoms with Gasteiger partial charge in [0.15, 0.2) is 5.69 Å². The number of aromatic amines is 1. The van der Waals surface area contributed by atoms with Gasteiger partial charge >= 0.3 is 0 Å². The number of methoxy groups -OCH3 is 1. The van der Waals surface area contributed by atoms with E-state index in [-0.39, 0.29) is 5.91 Å². The van der Waals surface area contributed by atoms with E-state index in [2.05, 4.69) is 15.5 Å². The molecule has 0 fully saturated rings. The van der Waals surface area contributed by atoms with E-state index in [0.29, 0.717) is 12.2 Å². The molecule has 1 heterocycles. The number of nitrogens with zero attached hydrogens (tertiary/aromatic N) is 1. The Bertz CT molecular complexity index is 824. The van der Waals surface area contributed by atoms with Gasteiger partial charge in [-0.3, -0.25) is 9.89 Å². The molecule has 3 aromatic rings. The molecular formula is C17H17N3O2. The molecule has 2 N–H and O–H groups in total. The van der Waals surface area contributed by atoms with Crippen LogP contribution in [0.25, 0.3) is 10.9 Å². The summed E-state index contributed by atoms with van der Waals surface area (Å²) in [7, 11) is 1.62. The van der Waals surface area contributed by atoms with Gasteiger partial charge in [-0.05, 0) is 25.1 Å². The number of fused-ring (bicyclic) bond motifs is 1. The number of carbonyl (C=O) groups excluding carboxylic acids is 1. The van der Waals surface area contributed by atoms with Crippen molar-refractivity contribution < 1.29 is 9.53 Å². The predicted octanol–water partition coefficient (Wildman–Crippen LogP) is 2.81. The Labute approximate surface area is 128 Å². The number of aromatic nitrogens is 2. The molecule has 5 heteroatoms. The second-order valence-corrected chi connectivity index (χ2v) is 5.12. The summed E-state index contributed by atoms with van der Waals surface area (Å²) >= 11 is 0. The van der Waals surface area contributed by atoms with Crippen LogP contribution in [0.2, 0.25) is 0 Å². The normalized spacial score (nSPS) is 10.6. The highest BCUT2D eigenvalue weighted by Crippen LogP contribution is 2.19. The second kappa shape index (κ2) is 5.89. The van der Waals surface area contributed by atoms with Crippen LogP contribution in [0.3, 0.4) is 0 Å². The van der Waals surface area contributed by atoms with Gasteiger partial charge in [0.05, 0.1) is 12.6 Å². The first-order valence-electron chi connectivity index (χ1n) is 7.04. The van der Waals surface area contributed by atoms with Gasteiger partial charge in [-0.25, -0.2) is 0 Å². The van der Waals surface area contributed by atoms with Crippen molar-refractivity contribution in [3.8, 4) is 5.75 Å². The van der Waals surface area contributed by atoms with Crippen LogP contribution in [0.5, 0.6) is 5.75 Å². The van der Waals surface area contributed by atoms with Crippen LogP contribution in [0, 0.1) is 6.92 Å². The lowest BCUT2D eigenvalue weighted by Gasteiger charge is -2.08. The Morgan fingerprint density at radius 3 is 2.91 bits per heavy atom. The van der Waals surface area contributed by atoms with Crippen molar-refractivity contribution in [1.29, 1.82) is 0 Å². The van der Waals surface area contributed by atoms with E-state index in [1.54, 1.807) is 7.11 Å². The molecule has 112 valence electrons. The Morgan fingerprint density at radius 2 is 2.09 bits per heavy atom. The number of para-hydroxylation sites is 1. The zero-order chi connectivity index (χ0) is 15.5. The van der Waals surface area contributed by atoms with Crippen LogP contribution >= 0.6 is 0 Å². The van der Waals surface area contributed by atoms with Gasteiger partial charge in [-0.15, -0.1) is 0 Å². The van der Waals surface area contributed by atoms with Gasteiger partial charge in [0.25, 0.3) is 5.91 Å². The Hall–Kier alpha value is -2.82. The third-order valence-corrected chi connectivity index (χ3v) is 3.57. The van der Waals surface area contributed by atoms with Crippen molar-refractivity contribution in [1.82, 2.24) is 15.5 Å². The maximum absolute atomic E-state index is 12.4. The van der Waals surface area contributed by atoms with Crippen LogP contribution in [-0.4, -0.2) is 23.2 Å². The van der Waals surface area contributed by atoms with Gasteiger partial charge in [0, 0.05) is 17.5 Å². The number of amides is 1. The molecule has 0 aliphatic rings. The molecule has 5 nitrogen and oxygen atoms in total. The van der Waals surface area contributed by atoms with Gasteiger partial charge in [0.2, 0.25) is 0 Å². The fourth-order valence-electron chi connectivity index (χ4n) is 2.41. The smallest absolute Gasteiger partial charge is 0.272 e. The van der Waals surface area contributed by atoms with E-state index in [0.717, 1.165) is 27.8 Å². The summed E-state index contributed by atoms with van der Waals surface area (Å²) in [5, 5.41) is 10.7. The summed E-state index contributed by atoms with van der Waals surface area (Å²) in [5.41, 5.74) is 3.28. The van der Waals surface area contributed by atoms with E-state index in [1.807, 2.05) is 49.4 Å². The van der Waals surface area contributed by atoms with Crippen molar-refractivity contribution in [3.63, 3.8) is 0 Å². The number of benzene rings is 2. The summed E-state index contributed by atoms with van der Waals surface area (Å²) in [6.45, 7) is 2.38. The number of nitrogens with one attached hydrogen (secondary N) is 2. The molecule has 3 rings (SSSR count). The zero-order valence-corrected chi connectivity index (χ0v) is 12.5. The van der Waals surface area contributed by atoms with Crippen molar-refractivity contribution in [2.45, 2.75) is 13.5 Å². The molecule has 1 amide bonds. The van der Waals surface area contributed by atoms with Crippen LogP contribution in [0.15, 0.2) is 42.5 Å². The fourth-order valence-corrected chi connectivity index (χ4v) is 2.41. The summed E-state index contributed by atoms with van der Waals surface area (Å²) in [6.07, 6.45) is 0. The van der Waals surface area contributed by atoms with Gasteiger partial charge in [-0.2, -0.15) is 5.10 Å². The maximum Gasteiger partial charge on any atom is 0.272 e. The number of rotatable bonds is 4. The minimum absolute atomic E-state index is 0.206. The van der Waals surface area contributed by atoms with Gasteiger partial charge in [0.1, 0.15) is 5.75 Å². The average Bonchev–Trinajstić information content (AvgIpc) is 2.95. The van der Waals surface area contributed by atoms with Crippen LogP contribution in [0.4, 0.5) is 0 Å². The third-order valence-electron chi connectivity index (χ3n) is 3.57. The number of ether oxygens (including phenoxy) is 1. The van der Waals surface area contributed by atoms with Crippen molar-refractivity contribution in [2.75, 3.05) is 7.11 Å². The number of hydrogen-bond acceptors (Lipinski definition) is 3. The lowest BCUT2D eigenvalue weighted by molar-refractivity contribution is 0.0947. The average molecular weight is 295 g/mol. The SMILES string of the molecule is COc1ccccc1CNC(=O)c1n[nH]c2ccc(C)cc12. The van der Waals surface area contributed by atoms with Gasteiger partial charge in [-0.1, -0.05) is 29.8 Å². The first-order valence-corrected chi connectivity index (χ1v) is 7.04. The Kier molecular flexibility index (Phi) is 3.78. The van der Waals surface area contributed by atoms with Crippen molar-refractivity contribution >= 4 is 16.8 Å². The molecule has 0 saturated heterocycles. The predicted molar refractivity (Wildman–Crippen MR) is 85.0 cm³/mol. The number of aryl methyl sites for hydroxylation is 1. The minimum atomic E-state index is -0.206. The lowest BCUT2D eigenvalue weighted by Crippen LogP contribution is -2.23. The topological polar surface area (TPSA) is 67.0 Å². The molecular weight excluding hydrogens is 278 g/mol. The molecule has 0 spiro atoms.